The van der Waals surface area contributed by atoms with E-state index in [1.807, 2.05) is 24.3 Å². The molecule has 1 saturated heterocycles. The molecule has 1 aliphatic rings. The quantitative estimate of drug-likeness (QED) is 0.509. The standard InChI is InChI=1S/C13H16ClN3OS/c14-12-6-2-1-4-10(12)8-16-17-13(19)15-9-11-5-3-7-18-11/h1-2,4,6,8,11H,3,5,7,9H2,(H2,15,17,19)/b16-8-/t11-/m1/s1. The highest BCUT2D eigenvalue weighted by Gasteiger charge is 2.14. The van der Waals surface area contributed by atoms with Crippen LogP contribution in [0.25, 0.3) is 0 Å². The second-order valence-electron chi connectivity index (χ2n) is 4.24. The highest BCUT2D eigenvalue weighted by Crippen LogP contribution is 2.12. The lowest BCUT2D eigenvalue weighted by atomic mass is 10.2. The molecule has 19 heavy (non-hydrogen) atoms. The lowest BCUT2D eigenvalue weighted by Gasteiger charge is -2.11. The van der Waals surface area contributed by atoms with E-state index in [2.05, 4.69) is 15.8 Å². The van der Waals surface area contributed by atoms with Crippen LogP contribution in [0.2, 0.25) is 5.02 Å². The highest BCUT2D eigenvalue weighted by atomic mass is 35.5. The van der Waals surface area contributed by atoms with E-state index in [9.17, 15) is 0 Å². The van der Waals surface area contributed by atoms with Crippen LogP contribution in [-0.2, 0) is 4.74 Å². The van der Waals surface area contributed by atoms with Crippen molar-refractivity contribution in [2.24, 2.45) is 5.10 Å². The average molecular weight is 298 g/mol. The topological polar surface area (TPSA) is 45.6 Å². The molecule has 0 unspecified atom stereocenters. The van der Waals surface area contributed by atoms with E-state index < -0.39 is 0 Å². The lowest BCUT2D eigenvalue weighted by Crippen LogP contribution is -2.37. The summed E-state index contributed by atoms with van der Waals surface area (Å²) in [5, 5.41) is 8.26. The van der Waals surface area contributed by atoms with Gasteiger partial charge in [-0.1, -0.05) is 29.8 Å². The first-order valence-corrected chi connectivity index (χ1v) is 6.97. The predicted octanol–water partition coefficient (Wildman–Crippen LogP) is 2.32. The van der Waals surface area contributed by atoms with E-state index >= 15 is 0 Å². The maximum atomic E-state index is 6.00. The van der Waals surface area contributed by atoms with Gasteiger partial charge in [-0.3, -0.25) is 5.43 Å². The van der Waals surface area contributed by atoms with Crippen LogP contribution in [0.5, 0.6) is 0 Å². The minimum atomic E-state index is 0.257. The summed E-state index contributed by atoms with van der Waals surface area (Å²) >= 11 is 11.1. The number of ether oxygens (including phenoxy) is 1. The second kappa shape index (κ2) is 7.43. The van der Waals surface area contributed by atoms with Crippen molar-refractivity contribution in [1.82, 2.24) is 10.7 Å². The molecule has 0 radical (unpaired) electrons. The molecule has 0 saturated carbocycles. The van der Waals surface area contributed by atoms with Crippen molar-refractivity contribution in [2.75, 3.05) is 13.2 Å². The summed E-state index contributed by atoms with van der Waals surface area (Å²) in [5.41, 5.74) is 3.60. The molecule has 6 heteroatoms. The first-order chi connectivity index (χ1) is 9.25. The summed E-state index contributed by atoms with van der Waals surface area (Å²) in [4.78, 5) is 0. The molecule has 1 atom stereocenters. The van der Waals surface area contributed by atoms with E-state index in [0.29, 0.717) is 16.7 Å². The maximum Gasteiger partial charge on any atom is 0.187 e. The number of hydrogen-bond donors (Lipinski definition) is 2. The number of hydrogen-bond acceptors (Lipinski definition) is 3. The van der Waals surface area contributed by atoms with Crippen molar-refractivity contribution in [2.45, 2.75) is 18.9 Å². The van der Waals surface area contributed by atoms with Crippen LogP contribution in [0, 0.1) is 0 Å². The summed E-state index contributed by atoms with van der Waals surface area (Å²) in [6.07, 6.45) is 4.10. The van der Waals surface area contributed by atoms with Crippen LogP contribution >= 0.6 is 23.8 Å². The third-order valence-corrected chi connectivity index (χ3v) is 3.37. The molecule has 1 heterocycles. The SMILES string of the molecule is S=C(NC[C@H]1CCCO1)N/N=C\c1ccccc1Cl. The fourth-order valence-corrected chi connectivity index (χ4v) is 2.11. The van der Waals surface area contributed by atoms with E-state index in [1.165, 1.54) is 0 Å². The Balaban J connectivity index is 1.72. The Hall–Kier alpha value is -1.17. The number of halogens is 1. The van der Waals surface area contributed by atoms with E-state index in [4.69, 9.17) is 28.6 Å². The van der Waals surface area contributed by atoms with Crippen molar-refractivity contribution in [3.8, 4) is 0 Å². The van der Waals surface area contributed by atoms with Crippen LogP contribution < -0.4 is 10.7 Å². The fourth-order valence-electron chi connectivity index (χ4n) is 1.79. The second-order valence-corrected chi connectivity index (χ2v) is 5.05. The molecule has 1 fully saturated rings. The van der Waals surface area contributed by atoms with Crippen LogP contribution in [-0.4, -0.2) is 30.6 Å². The molecule has 2 rings (SSSR count). The van der Waals surface area contributed by atoms with E-state index in [-0.39, 0.29) is 6.10 Å². The molecule has 0 aliphatic carbocycles. The minimum absolute atomic E-state index is 0.257. The third kappa shape index (κ3) is 4.78. The Kier molecular flexibility index (Phi) is 5.57. The van der Waals surface area contributed by atoms with Crippen molar-refractivity contribution in [3.63, 3.8) is 0 Å². The Morgan fingerprint density at radius 3 is 3.11 bits per heavy atom. The molecular weight excluding hydrogens is 282 g/mol. The van der Waals surface area contributed by atoms with Crippen LogP contribution in [0.4, 0.5) is 0 Å². The number of nitrogens with zero attached hydrogens (tertiary/aromatic N) is 1. The monoisotopic (exact) mass is 297 g/mol. The molecule has 0 bridgehead atoms. The van der Waals surface area contributed by atoms with E-state index in [1.54, 1.807) is 6.21 Å². The maximum absolute atomic E-state index is 6.00. The predicted molar refractivity (Wildman–Crippen MR) is 81.8 cm³/mol. The van der Waals surface area contributed by atoms with Gasteiger partial charge in [0.25, 0.3) is 0 Å². The summed E-state index contributed by atoms with van der Waals surface area (Å²) in [6, 6.07) is 7.48. The first kappa shape index (κ1) is 14.2. The Morgan fingerprint density at radius 1 is 1.53 bits per heavy atom. The zero-order valence-corrected chi connectivity index (χ0v) is 12.0. The van der Waals surface area contributed by atoms with Gasteiger partial charge in [0.05, 0.1) is 12.3 Å². The van der Waals surface area contributed by atoms with Gasteiger partial charge < -0.3 is 10.1 Å². The van der Waals surface area contributed by atoms with Crippen molar-refractivity contribution in [3.05, 3.63) is 34.9 Å². The van der Waals surface area contributed by atoms with Crippen molar-refractivity contribution < 1.29 is 4.74 Å². The number of rotatable bonds is 4. The largest absolute Gasteiger partial charge is 0.376 e. The van der Waals surface area contributed by atoms with E-state index in [0.717, 1.165) is 25.0 Å². The zero-order chi connectivity index (χ0) is 13.5. The molecule has 0 spiro atoms. The number of nitrogens with one attached hydrogen (secondary N) is 2. The fraction of sp³-hybridized carbons (Fsp3) is 0.385. The summed E-state index contributed by atoms with van der Waals surface area (Å²) in [7, 11) is 0. The van der Waals surface area contributed by atoms with Gasteiger partial charge in [-0.05, 0) is 31.1 Å². The van der Waals surface area contributed by atoms with Gasteiger partial charge in [0, 0.05) is 23.7 Å². The highest BCUT2D eigenvalue weighted by molar-refractivity contribution is 7.80. The first-order valence-electron chi connectivity index (χ1n) is 6.19. The summed E-state index contributed by atoms with van der Waals surface area (Å²) in [6.45, 7) is 1.56. The number of thiocarbonyl (C=S) groups is 1. The minimum Gasteiger partial charge on any atom is -0.376 e. The molecule has 0 aromatic heterocycles. The van der Waals surface area contributed by atoms with Crippen LogP contribution in [0.1, 0.15) is 18.4 Å². The Labute approximate surface area is 123 Å². The van der Waals surface area contributed by atoms with Crippen molar-refractivity contribution >= 4 is 35.1 Å². The molecule has 102 valence electrons. The molecule has 1 aromatic carbocycles. The number of hydrazone groups is 1. The zero-order valence-electron chi connectivity index (χ0n) is 10.4. The van der Waals surface area contributed by atoms with Gasteiger partial charge in [-0.15, -0.1) is 0 Å². The molecule has 2 N–H and O–H groups in total. The van der Waals surface area contributed by atoms with Gasteiger partial charge in [0.2, 0.25) is 0 Å². The van der Waals surface area contributed by atoms with Gasteiger partial charge in [0.15, 0.2) is 5.11 Å². The Morgan fingerprint density at radius 2 is 2.37 bits per heavy atom. The molecule has 4 nitrogen and oxygen atoms in total. The van der Waals surface area contributed by atoms with Gasteiger partial charge in [-0.2, -0.15) is 5.10 Å². The lowest BCUT2D eigenvalue weighted by molar-refractivity contribution is 0.114. The molecule has 1 aliphatic heterocycles. The number of benzene rings is 1. The van der Waals surface area contributed by atoms with Crippen LogP contribution in [0.3, 0.4) is 0 Å². The van der Waals surface area contributed by atoms with Gasteiger partial charge >= 0.3 is 0 Å². The van der Waals surface area contributed by atoms with Gasteiger partial charge in [0.1, 0.15) is 0 Å². The summed E-state index contributed by atoms with van der Waals surface area (Å²) < 4.78 is 5.49. The third-order valence-electron chi connectivity index (χ3n) is 2.79. The molecule has 1 aromatic rings. The normalized spacial score (nSPS) is 18.7. The van der Waals surface area contributed by atoms with Gasteiger partial charge in [-0.25, -0.2) is 0 Å². The summed E-state index contributed by atoms with van der Waals surface area (Å²) in [5.74, 6) is 0. The van der Waals surface area contributed by atoms with Crippen molar-refractivity contribution in [1.29, 1.82) is 0 Å². The molecular formula is C13H16ClN3OS. The Bertz CT molecular complexity index is 461. The molecule has 0 amide bonds. The van der Waals surface area contributed by atoms with Crippen LogP contribution in [0.15, 0.2) is 29.4 Å². The average Bonchev–Trinajstić information content (AvgIpc) is 2.92. The smallest absolute Gasteiger partial charge is 0.187 e.